The molecule has 0 bridgehead atoms. The van der Waals surface area contributed by atoms with Crippen LogP contribution in [0, 0.1) is 11.8 Å². The van der Waals surface area contributed by atoms with Crippen LogP contribution >= 0.6 is 0 Å². The molecular weight excluding hydrogens is 588 g/mol. The van der Waals surface area contributed by atoms with Crippen molar-refractivity contribution in [3.63, 3.8) is 0 Å². The predicted molar refractivity (Wildman–Crippen MR) is 196 cm³/mol. The van der Waals surface area contributed by atoms with Crippen LogP contribution in [0.5, 0.6) is 0 Å². The highest BCUT2D eigenvalue weighted by molar-refractivity contribution is 5.71. The first-order chi connectivity index (χ1) is 22.8. The van der Waals surface area contributed by atoms with Gasteiger partial charge < -0.3 is 14.2 Å². The van der Waals surface area contributed by atoms with E-state index in [1.54, 1.807) is 0 Å². The third-order valence-corrected chi connectivity index (χ3v) is 9.33. The second-order valence-corrected chi connectivity index (χ2v) is 14.6. The lowest BCUT2D eigenvalue weighted by Gasteiger charge is -2.18. The lowest BCUT2D eigenvalue weighted by molar-refractivity contribution is -0.167. The van der Waals surface area contributed by atoms with Crippen LogP contribution in [0.1, 0.15) is 214 Å². The summed E-state index contributed by atoms with van der Waals surface area (Å²) in [5.41, 5.74) is 0. The van der Waals surface area contributed by atoms with E-state index in [-0.39, 0.29) is 31.1 Å². The van der Waals surface area contributed by atoms with Gasteiger partial charge in [0.05, 0.1) is 0 Å². The van der Waals surface area contributed by atoms with E-state index in [0.717, 1.165) is 69.6 Å². The van der Waals surface area contributed by atoms with Crippen molar-refractivity contribution in [3.8, 4) is 0 Å². The fourth-order valence-electron chi connectivity index (χ4n) is 5.84. The molecule has 47 heavy (non-hydrogen) atoms. The van der Waals surface area contributed by atoms with Gasteiger partial charge in [-0.15, -0.1) is 0 Å². The zero-order valence-electron chi connectivity index (χ0n) is 31.9. The highest BCUT2D eigenvalue weighted by Crippen LogP contribution is 2.16. The molecule has 0 aliphatic carbocycles. The largest absolute Gasteiger partial charge is 0.462 e. The number of unbranched alkanes of at least 4 members (excludes halogenated alkanes) is 19. The van der Waals surface area contributed by atoms with E-state index in [0.29, 0.717) is 19.3 Å². The van der Waals surface area contributed by atoms with Crippen LogP contribution in [0.25, 0.3) is 0 Å². The molecule has 0 spiro atoms. The second-order valence-electron chi connectivity index (χ2n) is 14.6. The summed E-state index contributed by atoms with van der Waals surface area (Å²) in [7, 11) is 0. The van der Waals surface area contributed by atoms with Gasteiger partial charge in [0.15, 0.2) is 6.10 Å². The molecule has 0 saturated carbocycles. The summed E-state index contributed by atoms with van der Waals surface area (Å²) in [6.45, 7) is 11.2. The number of carbonyl (C=O) groups excluding carboxylic acids is 3. The molecule has 6 nitrogen and oxygen atoms in total. The Morgan fingerprint density at radius 2 is 0.809 bits per heavy atom. The second kappa shape index (κ2) is 34.3. The van der Waals surface area contributed by atoms with Crippen molar-refractivity contribution >= 4 is 17.9 Å². The van der Waals surface area contributed by atoms with Crippen LogP contribution in [0.15, 0.2) is 0 Å². The molecule has 0 saturated heterocycles. The summed E-state index contributed by atoms with van der Waals surface area (Å²) >= 11 is 0. The molecule has 1 unspecified atom stereocenters. The van der Waals surface area contributed by atoms with Gasteiger partial charge in [0.25, 0.3) is 0 Å². The van der Waals surface area contributed by atoms with Gasteiger partial charge in [-0.1, -0.05) is 176 Å². The Labute approximate surface area is 291 Å². The van der Waals surface area contributed by atoms with Gasteiger partial charge in [-0.05, 0) is 31.1 Å². The lowest BCUT2D eigenvalue weighted by atomic mass is 9.99. The Kier molecular flexibility index (Phi) is 33.1. The Morgan fingerprint density at radius 1 is 0.447 bits per heavy atom. The maximum Gasteiger partial charge on any atom is 0.306 e. The molecule has 0 amide bonds. The predicted octanol–water partition coefficient (Wildman–Crippen LogP) is 12.2. The molecule has 6 heteroatoms. The third kappa shape index (κ3) is 34.1. The molecule has 278 valence electrons. The van der Waals surface area contributed by atoms with Gasteiger partial charge in [0.1, 0.15) is 13.2 Å². The third-order valence-electron chi connectivity index (χ3n) is 9.33. The number of hydrogen-bond donors (Lipinski definition) is 0. The summed E-state index contributed by atoms with van der Waals surface area (Å²) in [5.74, 6) is 0.752. The molecule has 0 heterocycles. The summed E-state index contributed by atoms with van der Waals surface area (Å²) in [6, 6.07) is 0. The van der Waals surface area contributed by atoms with Crippen LogP contribution < -0.4 is 0 Å². The first-order valence-electron chi connectivity index (χ1n) is 20.3. The van der Waals surface area contributed by atoms with Gasteiger partial charge >= 0.3 is 17.9 Å². The molecule has 0 N–H and O–H groups in total. The van der Waals surface area contributed by atoms with Crippen molar-refractivity contribution in [3.05, 3.63) is 0 Å². The first kappa shape index (κ1) is 45.4. The van der Waals surface area contributed by atoms with E-state index in [9.17, 15) is 14.4 Å². The fraction of sp³-hybridized carbons (Fsp3) is 0.927. The van der Waals surface area contributed by atoms with E-state index in [1.807, 2.05) is 0 Å². The first-order valence-corrected chi connectivity index (χ1v) is 20.3. The van der Waals surface area contributed by atoms with Gasteiger partial charge in [0.2, 0.25) is 0 Å². The molecule has 0 fully saturated rings. The van der Waals surface area contributed by atoms with Gasteiger partial charge in [0, 0.05) is 19.3 Å². The van der Waals surface area contributed by atoms with Crippen molar-refractivity contribution in [2.24, 2.45) is 11.8 Å². The van der Waals surface area contributed by atoms with E-state index < -0.39 is 6.10 Å². The molecule has 0 aromatic heterocycles. The van der Waals surface area contributed by atoms with Crippen LogP contribution in [0.2, 0.25) is 0 Å². The summed E-state index contributed by atoms with van der Waals surface area (Å²) in [4.78, 5) is 37.4. The van der Waals surface area contributed by atoms with E-state index >= 15 is 0 Å². The Bertz CT molecular complexity index is 721. The summed E-state index contributed by atoms with van der Waals surface area (Å²) in [5, 5.41) is 0. The number of carbonyl (C=O) groups is 3. The van der Waals surface area contributed by atoms with Crippen LogP contribution in [-0.4, -0.2) is 37.2 Å². The quantitative estimate of drug-likeness (QED) is 0.0380. The zero-order valence-corrected chi connectivity index (χ0v) is 31.9. The molecule has 0 aliphatic rings. The Balaban J connectivity index is 4.34. The smallest absolute Gasteiger partial charge is 0.306 e. The normalized spacial score (nSPS) is 12.6. The standard InChI is InChI=1S/C41H78O6/c1-6-8-9-10-14-21-26-31-39(42)45-34-38(35-46-40(43)32-27-22-18-13-15-19-24-29-36(3)4)47-41(44)33-28-23-17-12-11-16-20-25-30-37(5)7-2/h36-38H,6-35H2,1-5H3/t37?,38-/m1/s1. The SMILES string of the molecule is CCCCCCCCCC(=O)OC[C@H](COC(=O)CCCCCCCCCC(C)C)OC(=O)CCCCCCCCCCC(C)CC. The van der Waals surface area contributed by atoms with Gasteiger partial charge in [-0.3, -0.25) is 14.4 Å². The molecule has 0 aromatic carbocycles. The van der Waals surface area contributed by atoms with Crippen molar-refractivity contribution in [2.75, 3.05) is 13.2 Å². The highest BCUT2D eigenvalue weighted by atomic mass is 16.6. The maximum atomic E-state index is 12.6. The van der Waals surface area contributed by atoms with Crippen LogP contribution in [0.4, 0.5) is 0 Å². The summed E-state index contributed by atoms with van der Waals surface area (Å²) in [6.07, 6.45) is 29.6. The van der Waals surface area contributed by atoms with Crippen molar-refractivity contribution in [1.29, 1.82) is 0 Å². The van der Waals surface area contributed by atoms with Crippen LogP contribution in [0.3, 0.4) is 0 Å². The molecular formula is C41H78O6. The van der Waals surface area contributed by atoms with E-state index in [4.69, 9.17) is 14.2 Å². The van der Waals surface area contributed by atoms with E-state index in [2.05, 4.69) is 34.6 Å². The van der Waals surface area contributed by atoms with Crippen molar-refractivity contribution < 1.29 is 28.6 Å². The average molecular weight is 667 g/mol. The zero-order chi connectivity index (χ0) is 34.8. The number of rotatable bonds is 35. The maximum absolute atomic E-state index is 12.6. The van der Waals surface area contributed by atoms with E-state index in [1.165, 1.54) is 103 Å². The number of hydrogen-bond acceptors (Lipinski definition) is 6. The minimum atomic E-state index is -0.759. The molecule has 0 aliphatic heterocycles. The monoisotopic (exact) mass is 667 g/mol. The number of ether oxygens (including phenoxy) is 3. The number of esters is 3. The Hall–Kier alpha value is -1.59. The van der Waals surface area contributed by atoms with Crippen molar-refractivity contribution in [2.45, 2.75) is 221 Å². The highest BCUT2D eigenvalue weighted by Gasteiger charge is 2.19. The molecule has 2 atom stereocenters. The lowest BCUT2D eigenvalue weighted by Crippen LogP contribution is -2.30. The van der Waals surface area contributed by atoms with Gasteiger partial charge in [-0.25, -0.2) is 0 Å². The van der Waals surface area contributed by atoms with Crippen LogP contribution in [-0.2, 0) is 28.6 Å². The minimum Gasteiger partial charge on any atom is -0.462 e. The molecule has 0 aromatic rings. The Morgan fingerprint density at radius 3 is 1.21 bits per heavy atom. The minimum absolute atomic E-state index is 0.0673. The summed E-state index contributed by atoms with van der Waals surface area (Å²) < 4.78 is 16.6. The fourth-order valence-corrected chi connectivity index (χ4v) is 5.84. The average Bonchev–Trinajstić information content (AvgIpc) is 3.05. The topological polar surface area (TPSA) is 78.9 Å². The molecule has 0 rings (SSSR count). The van der Waals surface area contributed by atoms with Gasteiger partial charge in [-0.2, -0.15) is 0 Å². The van der Waals surface area contributed by atoms with Crippen molar-refractivity contribution in [1.82, 2.24) is 0 Å². The molecule has 0 radical (unpaired) electrons.